The van der Waals surface area contributed by atoms with Crippen LogP contribution in [0, 0.1) is 23.2 Å². The molecule has 0 heterocycles. The molecule has 222 valence electrons. The number of carbonyl (C=O) groups excluding carboxylic acids is 1. The highest BCUT2D eigenvalue weighted by Gasteiger charge is 2.51. The molecular weight excluding hydrogens is 513 g/mol. The fourth-order valence-electron chi connectivity index (χ4n) is 7.00. The molecule has 0 unspecified atom stereocenters. The number of carbonyl (C=O) groups is 1. The molecule has 0 N–H and O–H groups in total. The Balaban J connectivity index is 1.93. The Labute approximate surface area is 243 Å². The maximum atomic E-state index is 11.7. The second kappa shape index (κ2) is 11.5. The van der Waals surface area contributed by atoms with Crippen LogP contribution >= 0.6 is 0 Å². The molecule has 3 nitrogen and oxygen atoms in total. The Bertz CT molecular complexity index is 977. The van der Waals surface area contributed by atoms with E-state index in [2.05, 4.69) is 100 Å². The summed E-state index contributed by atoms with van der Waals surface area (Å²) >= 11 is 0. The number of fused-ring (bicyclic) bond motifs is 1. The Morgan fingerprint density at radius 1 is 0.974 bits per heavy atom. The largest absolute Gasteiger partial charge is 0.413 e. The van der Waals surface area contributed by atoms with Gasteiger partial charge in [0.15, 0.2) is 16.6 Å². The van der Waals surface area contributed by atoms with Crippen molar-refractivity contribution in [3.8, 4) is 0 Å². The SMILES string of the molecule is C=C1/C(=C/C=C2/CCC[C@]3(C)[C@@H]([C@H](C)C=O)CC[C@@H]23)C[C@@H](O[Si](C)(C)C(C)(C)C)C[C@@H]1O[Si](C)(C)C(C)(C)C. The molecule has 0 aliphatic heterocycles. The van der Waals surface area contributed by atoms with E-state index in [1.54, 1.807) is 5.57 Å². The van der Waals surface area contributed by atoms with Crippen LogP contribution in [0.15, 0.2) is 35.5 Å². The van der Waals surface area contributed by atoms with Crippen LogP contribution in [0.3, 0.4) is 0 Å². The van der Waals surface area contributed by atoms with Crippen LogP contribution in [0.1, 0.15) is 100 Å². The Morgan fingerprint density at radius 2 is 1.56 bits per heavy atom. The molecule has 6 atom stereocenters. The van der Waals surface area contributed by atoms with E-state index in [0.29, 0.717) is 11.8 Å². The van der Waals surface area contributed by atoms with Crippen LogP contribution in [-0.2, 0) is 13.6 Å². The van der Waals surface area contributed by atoms with E-state index >= 15 is 0 Å². The lowest BCUT2D eigenvalue weighted by atomic mass is 9.61. The van der Waals surface area contributed by atoms with Crippen LogP contribution < -0.4 is 0 Å². The number of allylic oxidation sites excluding steroid dienone is 3. The summed E-state index contributed by atoms with van der Waals surface area (Å²) in [4.78, 5) is 11.7. The van der Waals surface area contributed by atoms with Crippen molar-refractivity contribution in [3.05, 3.63) is 35.5 Å². The molecule has 3 aliphatic carbocycles. The van der Waals surface area contributed by atoms with Gasteiger partial charge >= 0.3 is 0 Å². The summed E-state index contributed by atoms with van der Waals surface area (Å²) < 4.78 is 14.0. The van der Waals surface area contributed by atoms with Gasteiger partial charge < -0.3 is 13.6 Å². The monoisotopic (exact) mass is 572 g/mol. The molecule has 0 amide bonds. The van der Waals surface area contributed by atoms with Gasteiger partial charge in [-0.2, -0.15) is 0 Å². The quantitative estimate of drug-likeness (QED) is 0.225. The molecule has 3 aliphatic rings. The second-order valence-corrected chi connectivity index (χ2v) is 25.9. The highest BCUT2D eigenvalue weighted by Crippen LogP contribution is 2.59. The zero-order valence-corrected chi connectivity index (χ0v) is 29.5. The molecule has 3 rings (SSSR count). The molecular formula is C34H60O3Si2. The third-order valence-corrected chi connectivity index (χ3v) is 20.6. The van der Waals surface area contributed by atoms with Crippen molar-refractivity contribution < 1.29 is 13.6 Å². The van der Waals surface area contributed by atoms with Gasteiger partial charge in [-0.1, -0.05) is 79.7 Å². The average Bonchev–Trinajstić information content (AvgIpc) is 3.15. The summed E-state index contributed by atoms with van der Waals surface area (Å²) in [6.07, 6.45) is 14.0. The van der Waals surface area contributed by atoms with E-state index in [1.165, 1.54) is 44.0 Å². The lowest BCUT2D eigenvalue weighted by Gasteiger charge is -2.45. The Hall–Kier alpha value is -0.756. The minimum Gasteiger partial charge on any atom is -0.413 e. The lowest BCUT2D eigenvalue weighted by molar-refractivity contribution is -0.113. The van der Waals surface area contributed by atoms with Crippen molar-refractivity contribution in [2.45, 2.75) is 149 Å². The van der Waals surface area contributed by atoms with Gasteiger partial charge in [-0.25, -0.2) is 0 Å². The van der Waals surface area contributed by atoms with Gasteiger partial charge in [0.2, 0.25) is 0 Å². The van der Waals surface area contributed by atoms with Crippen LogP contribution in [0.5, 0.6) is 0 Å². The highest BCUT2D eigenvalue weighted by atomic mass is 28.4. The fourth-order valence-corrected chi connectivity index (χ4v) is 9.67. The van der Waals surface area contributed by atoms with Gasteiger partial charge in [0, 0.05) is 12.3 Å². The maximum absolute atomic E-state index is 11.7. The van der Waals surface area contributed by atoms with Crippen LogP contribution in [-0.4, -0.2) is 35.1 Å². The zero-order valence-electron chi connectivity index (χ0n) is 27.5. The van der Waals surface area contributed by atoms with E-state index < -0.39 is 16.6 Å². The van der Waals surface area contributed by atoms with E-state index in [-0.39, 0.29) is 33.6 Å². The summed E-state index contributed by atoms with van der Waals surface area (Å²) in [6.45, 7) is 32.6. The third kappa shape index (κ3) is 6.84. The van der Waals surface area contributed by atoms with Crippen molar-refractivity contribution >= 4 is 22.9 Å². The molecule has 0 bridgehead atoms. The zero-order chi connectivity index (χ0) is 29.6. The smallest absolute Gasteiger partial charge is 0.192 e. The van der Waals surface area contributed by atoms with Crippen molar-refractivity contribution in [2.75, 3.05) is 0 Å². The van der Waals surface area contributed by atoms with Gasteiger partial charge in [-0.05, 0) is 103 Å². The predicted octanol–water partition coefficient (Wildman–Crippen LogP) is 10.0. The van der Waals surface area contributed by atoms with Gasteiger partial charge in [-0.15, -0.1) is 0 Å². The number of aldehydes is 1. The first-order chi connectivity index (χ1) is 17.7. The van der Waals surface area contributed by atoms with Crippen LogP contribution in [0.2, 0.25) is 36.3 Å². The second-order valence-electron chi connectivity index (χ2n) is 16.4. The van der Waals surface area contributed by atoms with Crippen molar-refractivity contribution in [3.63, 3.8) is 0 Å². The maximum Gasteiger partial charge on any atom is 0.192 e. The van der Waals surface area contributed by atoms with Crippen LogP contribution in [0.4, 0.5) is 0 Å². The molecule has 0 radical (unpaired) electrons. The summed E-state index contributed by atoms with van der Waals surface area (Å²) in [5, 5.41) is 0.323. The molecule has 5 heteroatoms. The molecule has 3 saturated carbocycles. The van der Waals surface area contributed by atoms with E-state index in [0.717, 1.165) is 18.4 Å². The van der Waals surface area contributed by atoms with Crippen molar-refractivity contribution in [1.29, 1.82) is 0 Å². The predicted molar refractivity (Wildman–Crippen MR) is 172 cm³/mol. The minimum absolute atomic E-state index is 0.0139. The number of rotatable bonds is 7. The lowest BCUT2D eigenvalue weighted by Crippen LogP contribution is -2.49. The van der Waals surface area contributed by atoms with Gasteiger partial charge in [0.25, 0.3) is 0 Å². The fraction of sp³-hybridized carbons (Fsp3) is 0.794. The van der Waals surface area contributed by atoms with Gasteiger partial charge in [-0.3, -0.25) is 0 Å². The molecule has 3 fully saturated rings. The number of hydrogen-bond acceptors (Lipinski definition) is 3. The molecule has 0 aromatic rings. The third-order valence-electron chi connectivity index (χ3n) is 11.6. The normalized spacial score (nSPS) is 33.9. The number of hydrogen-bond donors (Lipinski definition) is 0. The molecule has 0 aromatic carbocycles. The first kappa shape index (κ1) is 32.8. The first-order valence-electron chi connectivity index (χ1n) is 15.6. The topological polar surface area (TPSA) is 35.5 Å². The molecule has 0 saturated heterocycles. The Morgan fingerprint density at radius 3 is 2.13 bits per heavy atom. The molecule has 39 heavy (non-hydrogen) atoms. The van der Waals surface area contributed by atoms with Crippen molar-refractivity contribution in [1.82, 2.24) is 0 Å². The summed E-state index contributed by atoms with van der Waals surface area (Å²) in [7, 11) is -3.89. The Kier molecular flexibility index (Phi) is 9.65. The summed E-state index contributed by atoms with van der Waals surface area (Å²) in [5.41, 5.74) is 4.29. The van der Waals surface area contributed by atoms with Crippen molar-refractivity contribution in [2.24, 2.45) is 23.2 Å². The summed E-state index contributed by atoms with van der Waals surface area (Å²) in [5.74, 6) is 1.24. The van der Waals surface area contributed by atoms with Gasteiger partial charge in [0.1, 0.15) is 6.29 Å². The average molecular weight is 573 g/mol. The minimum atomic E-state index is -1.97. The standard InChI is InChI=1S/C34H60O3Si2/c1-24(23-35)29-18-19-30-26(15-14-20-34(29,30)9)16-17-27-21-28(36-38(10,11)32(3,4)5)22-31(25(27)2)37-39(12,13)33(6,7)8/h16-17,23-24,28-31H,2,14-15,18-22H2,1,3-13H3/b26-16-,27-17+/t24-,28-,29-,30+,31+,34-/m1/s1. The van der Waals surface area contributed by atoms with E-state index in [9.17, 15) is 4.79 Å². The first-order valence-corrected chi connectivity index (χ1v) is 21.4. The van der Waals surface area contributed by atoms with E-state index in [1.807, 2.05) is 0 Å². The highest BCUT2D eigenvalue weighted by molar-refractivity contribution is 6.74. The van der Waals surface area contributed by atoms with Gasteiger partial charge in [0.05, 0.1) is 12.2 Å². The van der Waals surface area contributed by atoms with E-state index in [4.69, 9.17) is 8.85 Å². The summed E-state index contributed by atoms with van der Waals surface area (Å²) in [6, 6.07) is 0. The molecule has 0 aromatic heterocycles. The van der Waals surface area contributed by atoms with Crippen LogP contribution in [0.25, 0.3) is 0 Å². The molecule has 0 spiro atoms.